The second kappa shape index (κ2) is 9.19. The molecule has 162 valence electrons. The van der Waals surface area contributed by atoms with Crippen LogP contribution in [0.5, 0.6) is 0 Å². The van der Waals surface area contributed by atoms with Crippen molar-refractivity contribution in [3.8, 4) is 0 Å². The molecule has 7 nitrogen and oxygen atoms in total. The molecular formula is C20H24F3N5O2. The molecule has 1 atom stereocenters. The van der Waals surface area contributed by atoms with E-state index >= 15 is 0 Å². The lowest BCUT2D eigenvalue weighted by Gasteiger charge is -2.33. The van der Waals surface area contributed by atoms with E-state index in [-0.39, 0.29) is 24.4 Å². The van der Waals surface area contributed by atoms with Crippen LogP contribution in [-0.4, -0.2) is 46.3 Å². The van der Waals surface area contributed by atoms with E-state index in [0.717, 1.165) is 35.4 Å². The molecule has 0 bridgehead atoms. The van der Waals surface area contributed by atoms with E-state index in [1.54, 1.807) is 4.90 Å². The molecule has 10 heteroatoms. The highest BCUT2D eigenvalue weighted by Crippen LogP contribution is 2.27. The maximum atomic E-state index is 12.6. The number of nitrogens with zero attached hydrogens (tertiary/aromatic N) is 3. The van der Waals surface area contributed by atoms with Gasteiger partial charge in [0.2, 0.25) is 5.91 Å². The molecule has 1 saturated heterocycles. The number of halogens is 3. The van der Waals surface area contributed by atoms with Crippen LogP contribution in [0.4, 0.5) is 23.7 Å². The zero-order chi connectivity index (χ0) is 21.7. The van der Waals surface area contributed by atoms with E-state index in [1.807, 2.05) is 31.2 Å². The molecule has 0 spiro atoms. The molecular weight excluding hydrogens is 399 g/mol. The summed E-state index contributed by atoms with van der Waals surface area (Å²) in [5, 5.41) is 8.99. The number of alkyl halides is 3. The Balaban J connectivity index is 1.46. The van der Waals surface area contributed by atoms with Crippen molar-refractivity contribution in [2.45, 2.75) is 32.5 Å². The average Bonchev–Trinajstić information content (AvgIpc) is 3.17. The number of hydrogen-bond donors (Lipinski definition) is 2. The van der Waals surface area contributed by atoms with Crippen LogP contribution in [0.15, 0.2) is 36.5 Å². The molecule has 0 radical (unpaired) electrons. The number of urea groups is 1. The molecule has 2 N–H and O–H groups in total. The van der Waals surface area contributed by atoms with Crippen molar-refractivity contribution in [1.82, 2.24) is 20.0 Å². The van der Waals surface area contributed by atoms with Gasteiger partial charge in [-0.3, -0.25) is 9.48 Å². The maximum absolute atomic E-state index is 12.6. The molecule has 3 rings (SSSR count). The van der Waals surface area contributed by atoms with E-state index < -0.39 is 11.9 Å². The standard InChI is InChI=1S/C20H24F3N5O2/c1-14-4-6-16(7-5-14)25-19(30)24-11-15-3-2-9-27(12-15)18(29)13-28-10-8-17(26-28)20(21,22)23/h4-8,10,15H,2-3,9,11-13H2,1H3,(H2,24,25,30). The molecule has 0 aliphatic carbocycles. The van der Waals surface area contributed by atoms with Gasteiger partial charge in [0.05, 0.1) is 0 Å². The van der Waals surface area contributed by atoms with Crippen LogP contribution >= 0.6 is 0 Å². The number of amides is 3. The number of piperidine rings is 1. The minimum atomic E-state index is -4.53. The van der Waals surface area contributed by atoms with Gasteiger partial charge in [0.1, 0.15) is 6.54 Å². The zero-order valence-corrected chi connectivity index (χ0v) is 16.6. The van der Waals surface area contributed by atoms with Gasteiger partial charge >= 0.3 is 12.2 Å². The summed E-state index contributed by atoms with van der Waals surface area (Å²) in [5.74, 6) is -0.213. The Morgan fingerprint density at radius 2 is 1.93 bits per heavy atom. The fourth-order valence-corrected chi connectivity index (χ4v) is 3.35. The van der Waals surface area contributed by atoms with Gasteiger partial charge in [-0.05, 0) is 43.9 Å². The van der Waals surface area contributed by atoms with E-state index in [4.69, 9.17) is 0 Å². The quantitative estimate of drug-likeness (QED) is 0.775. The third kappa shape index (κ3) is 5.98. The van der Waals surface area contributed by atoms with E-state index in [1.165, 1.54) is 0 Å². The fraction of sp³-hybridized carbons (Fsp3) is 0.450. The third-order valence-electron chi connectivity index (χ3n) is 4.96. The van der Waals surface area contributed by atoms with Crippen molar-refractivity contribution >= 4 is 17.6 Å². The van der Waals surface area contributed by atoms with Gasteiger partial charge < -0.3 is 15.5 Å². The Morgan fingerprint density at radius 3 is 2.60 bits per heavy atom. The summed E-state index contributed by atoms with van der Waals surface area (Å²) >= 11 is 0. The molecule has 2 aromatic rings. The van der Waals surface area contributed by atoms with Crippen LogP contribution in [-0.2, 0) is 17.5 Å². The Bertz CT molecular complexity index is 879. The zero-order valence-electron chi connectivity index (χ0n) is 16.6. The topological polar surface area (TPSA) is 79.3 Å². The van der Waals surface area contributed by atoms with Crippen molar-refractivity contribution in [2.75, 3.05) is 25.0 Å². The predicted octanol–water partition coefficient (Wildman–Crippen LogP) is 3.27. The minimum Gasteiger partial charge on any atom is -0.341 e. The number of anilines is 1. The van der Waals surface area contributed by atoms with Crippen LogP contribution < -0.4 is 10.6 Å². The summed E-state index contributed by atoms with van der Waals surface area (Å²) < 4.78 is 38.9. The van der Waals surface area contributed by atoms with Crippen molar-refractivity contribution in [3.05, 3.63) is 47.8 Å². The van der Waals surface area contributed by atoms with Crippen LogP contribution in [0.25, 0.3) is 0 Å². The highest BCUT2D eigenvalue weighted by Gasteiger charge is 2.34. The lowest BCUT2D eigenvalue weighted by molar-refractivity contribution is -0.142. The largest absolute Gasteiger partial charge is 0.435 e. The molecule has 1 aliphatic rings. The Hall–Kier alpha value is -3.04. The first kappa shape index (κ1) is 21.7. The fourth-order valence-electron chi connectivity index (χ4n) is 3.35. The predicted molar refractivity (Wildman–Crippen MR) is 105 cm³/mol. The van der Waals surface area contributed by atoms with Gasteiger partial charge in [-0.1, -0.05) is 17.7 Å². The lowest BCUT2D eigenvalue weighted by Crippen LogP contribution is -2.45. The van der Waals surface area contributed by atoms with E-state index in [2.05, 4.69) is 15.7 Å². The average molecular weight is 423 g/mol. The van der Waals surface area contributed by atoms with Crippen molar-refractivity contribution in [3.63, 3.8) is 0 Å². The summed E-state index contributed by atoms with van der Waals surface area (Å²) in [6.45, 7) is 3.10. The normalized spacial score (nSPS) is 16.9. The number of benzene rings is 1. The molecule has 1 unspecified atom stereocenters. The summed E-state index contributed by atoms with van der Waals surface area (Å²) in [6.07, 6.45) is -1.76. The molecule has 2 heterocycles. The maximum Gasteiger partial charge on any atom is 0.435 e. The summed E-state index contributed by atoms with van der Waals surface area (Å²) in [6, 6.07) is 7.96. The van der Waals surface area contributed by atoms with Crippen LogP contribution in [0.2, 0.25) is 0 Å². The van der Waals surface area contributed by atoms with E-state index in [9.17, 15) is 22.8 Å². The number of nitrogens with one attached hydrogen (secondary N) is 2. The SMILES string of the molecule is Cc1ccc(NC(=O)NCC2CCCN(C(=O)Cn3ccc(C(F)(F)F)n3)C2)cc1. The van der Waals surface area contributed by atoms with E-state index in [0.29, 0.717) is 25.3 Å². The lowest BCUT2D eigenvalue weighted by atomic mass is 9.98. The number of carbonyl (C=O) groups excluding carboxylic acids is 2. The number of likely N-dealkylation sites (tertiary alicyclic amines) is 1. The van der Waals surface area contributed by atoms with Gasteiger partial charge in [-0.2, -0.15) is 18.3 Å². The van der Waals surface area contributed by atoms with Gasteiger partial charge in [0, 0.05) is 31.5 Å². The van der Waals surface area contributed by atoms with Crippen molar-refractivity contribution in [2.24, 2.45) is 5.92 Å². The second-order valence-electron chi connectivity index (χ2n) is 7.45. The summed E-state index contributed by atoms with van der Waals surface area (Å²) in [5.41, 5.74) is 0.768. The number of rotatable bonds is 5. The molecule has 0 saturated carbocycles. The van der Waals surface area contributed by atoms with Gasteiger partial charge in [-0.15, -0.1) is 0 Å². The summed E-state index contributed by atoms with van der Waals surface area (Å²) in [4.78, 5) is 26.2. The molecule has 30 heavy (non-hydrogen) atoms. The first-order chi connectivity index (χ1) is 14.2. The molecule has 1 fully saturated rings. The highest BCUT2D eigenvalue weighted by molar-refractivity contribution is 5.89. The first-order valence-corrected chi connectivity index (χ1v) is 9.70. The van der Waals surface area contributed by atoms with Gasteiger partial charge in [0.25, 0.3) is 0 Å². The number of aromatic nitrogens is 2. The molecule has 1 aliphatic heterocycles. The Kier molecular flexibility index (Phi) is 6.63. The smallest absolute Gasteiger partial charge is 0.341 e. The Morgan fingerprint density at radius 1 is 1.20 bits per heavy atom. The van der Waals surface area contributed by atoms with Crippen molar-refractivity contribution in [1.29, 1.82) is 0 Å². The first-order valence-electron chi connectivity index (χ1n) is 9.70. The monoisotopic (exact) mass is 423 g/mol. The van der Waals surface area contributed by atoms with Gasteiger partial charge in [-0.25, -0.2) is 4.79 Å². The van der Waals surface area contributed by atoms with Crippen LogP contribution in [0.3, 0.4) is 0 Å². The highest BCUT2D eigenvalue weighted by atomic mass is 19.4. The summed E-state index contributed by atoms with van der Waals surface area (Å²) in [7, 11) is 0. The number of carbonyl (C=O) groups is 2. The van der Waals surface area contributed by atoms with Gasteiger partial charge in [0.15, 0.2) is 5.69 Å². The third-order valence-corrected chi connectivity index (χ3v) is 4.96. The molecule has 3 amide bonds. The molecule has 1 aromatic carbocycles. The molecule has 1 aromatic heterocycles. The van der Waals surface area contributed by atoms with Crippen LogP contribution in [0, 0.1) is 12.8 Å². The number of aryl methyl sites for hydroxylation is 1. The minimum absolute atomic E-state index is 0.0785. The second-order valence-corrected chi connectivity index (χ2v) is 7.45. The van der Waals surface area contributed by atoms with Crippen molar-refractivity contribution < 1.29 is 22.8 Å². The number of hydrogen-bond acceptors (Lipinski definition) is 3. The Labute approximate surface area is 172 Å². The van der Waals surface area contributed by atoms with Crippen LogP contribution in [0.1, 0.15) is 24.1 Å².